The first-order valence-corrected chi connectivity index (χ1v) is 6.08. The van der Waals surface area contributed by atoms with E-state index in [9.17, 15) is 0 Å². The zero-order valence-electron chi connectivity index (χ0n) is 8.97. The standard InChI is InChI=1S/C11H14ClN3O/c12-10-6-13-7-11(14-10)15-4-5-16-9-3-1-2-8(9)15/h6-9H,1-5H2. The van der Waals surface area contributed by atoms with Gasteiger partial charge in [0.1, 0.15) is 11.0 Å². The van der Waals surface area contributed by atoms with Crippen LogP contribution >= 0.6 is 11.6 Å². The SMILES string of the molecule is Clc1cncc(N2CCOC3CCCC32)n1. The number of anilines is 1. The van der Waals surface area contributed by atoms with Crippen molar-refractivity contribution in [1.82, 2.24) is 9.97 Å². The molecule has 3 rings (SSSR count). The number of ether oxygens (including phenoxy) is 1. The van der Waals surface area contributed by atoms with Crippen molar-refractivity contribution in [3.05, 3.63) is 17.5 Å². The van der Waals surface area contributed by atoms with Crippen LogP contribution in [-0.2, 0) is 4.74 Å². The lowest BCUT2D eigenvalue weighted by Gasteiger charge is -2.38. The second kappa shape index (κ2) is 4.18. The molecule has 0 radical (unpaired) electrons. The highest BCUT2D eigenvalue weighted by molar-refractivity contribution is 6.29. The van der Waals surface area contributed by atoms with E-state index in [1.165, 1.54) is 12.8 Å². The van der Waals surface area contributed by atoms with E-state index in [-0.39, 0.29) is 0 Å². The summed E-state index contributed by atoms with van der Waals surface area (Å²) < 4.78 is 5.76. The number of fused-ring (bicyclic) bond motifs is 1. The van der Waals surface area contributed by atoms with Crippen molar-refractivity contribution in [2.24, 2.45) is 0 Å². The lowest BCUT2D eigenvalue weighted by atomic mass is 10.1. The third-order valence-corrected chi connectivity index (χ3v) is 3.55. The third kappa shape index (κ3) is 1.76. The molecule has 0 aromatic carbocycles. The van der Waals surface area contributed by atoms with Gasteiger partial charge in [-0.2, -0.15) is 0 Å². The third-order valence-electron chi connectivity index (χ3n) is 3.37. The predicted molar refractivity (Wildman–Crippen MR) is 61.8 cm³/mol. The summed E-state index contributed by atoms with van der Waals surface area (Å²) in [5, 5.41) is 0.457. The van der Waals surface area contributed by atoms with Crippen molar-refractivity contribution in [3.8, 4) is 0 Å². The Balaban J connectivity index is 1.88. The average molecular weight is 240 g/mol. The van der Waals surface area contributed by atoms with Crippen molar-refractivity contribution in [2.75, 3.05) is 18.1 Å². The lowest BCUT2D eigenvalue weighted by Crippen LogP contribution is -2.49. The maximum atomic E-state index is 5.88. The Morgan fingerprint density at radius 3 is 3.19 bits per heavy atom. The molecule has 1 aromatic rings. The number of morpholine rings is 1. The maximum Gasteiger partial charge on any atom is 0.149 e. The molecule has 1 aliphatic carbocycles. The fraction of sp³-hybridized carbons (Fsp3) is 0.636. The molecule has 16 heavy (non-hydrogen) atoms. The Kier molecular flexibility index (Phi) is 2.69. The van der Waals surface area contributed by atoms with Gasteiger partial charge in [-0.15, -0.1) is 0 Å². The van der Waals surface area contributed by atoms with Crippen LogP contribution in [0.1, 0.15) is 19.3 Å². The molecule has 0 amide bonds. The van der Waals surface area contributed by atoms with Crippen LogP contribution in [0.15, 0.2) is 12.4 Å². The molecule has 2 aliphatic rings. The summed E-state index contributed by atoms with van der Waals surface area (Å²) in [6.07, 6.45) is 7.30. The second-order valence-electron chi connectivity index (χ2n) is 4.30. The molecule has 1 aromatic heterocycles. The summed E-state index contributed by atoms with van der Waals surface area (Å²) in [4.78, 5) is 10.7. The van der Waals surface area contributed by atoms with Crippen molar-refractivity contribution in [1.29, 1.82) is 0 Å². The molecule has 0 N–H and O–H groups in total. The predicted octanol–water partition coefficient (Wildman–Crippen LogP) is 1.89. The van der Waals surface area contributed by atoms with E-state index < -0.39 is 0 Å². The Bertz CT molecular complexity index is 387. The molecular formula is C11H14ClN3O. The minimum Gasteiger partial charge on any atom is -0.374 e. The quantitative estimate of drug-likeness (QED) is 0.750. The summed E-state index contributed by atoms with van der Waals surface area (Å²) in [7, 11) is 0. The monoisotopic (exact) mass is 239 g/mol. The van der Waals surface area contributed by atoms with Gasteiger partial charge in [-0.1, -0.05) is 11.6 Å². The van der Waals surface area contributed by atoms with Crippen LogP contribution in [0.25, 0.3) is 0 Å². The maximum absolute atomic E-state index is 5.88. The smallest absolute Gasteiger partial charge is 0.149 e. The van der Waals surface area contributed by atoms with Gasteiger partial charge in [0.15, 0.2) is 0 Å². The first kappa shape index (κ1) is 10.3. The number of rotatable bonds is 1. The normalized spacial score (nSPS) is 29.2. The van der Waals surface area contributed by atoms with Gasteiger partial charge in [0.05, 0.1) is 31.1 Å². The molecule has 2 unspecified atom stereocenters. The molecule has 0 spiro atoms. The van der Waals surface area contributed by atoms with E-state index in [4.69, 9.17) is 16.3 Å². The van der Waals surface area contributed by atoms with Gasteiger partial charge in [-0.25, -0.2) is 4.98 Å². The number of nitrogens with zero attached hydrogens (tertiary/aromatic N) is 3. The summed E-state index contributed by atoms with van der Waals surface area (Å²) in [5.41, 5.74) is 0. The lowest BCUT2D eigenvalue weighted by molar-refractivity contribution is 0.0253. The van der Waals surface area contributed by atoms with E-state index in [1.54, 1.807) is 12.4 Å². The molecular weight excluding hydrogens is 226 g/mol. The summed E-state index contributed by atoms with van der Waals surface area (Å²) >= 11 is 5.88. The van der Waals surface area contributed by atoms with Crippen molar-refractivity contribution >= 4 is 17.4 Å². The van der Waals surface area contributed by atoms with Crippen LogP contribution in [0.4, 0.5) is 5.82 Å². The summed E-state index contributed by atoms with van der Waals surface area (Å²) in [6.45, 7) is 1.66. The summed E-state index contributed by atoms with van der Waals surface area (Å²) in [6, 6.07) is 0.460. The number of hydrogen-bond donors (Lipinski definition) is 0. The molecule has 4 nitrogen and oxygen atoms in total. The van der Waals surface area contributed by atoms with Crippen molar-refractivity contribution < 1.29 is 4.74 Å². The van der Waals surface area contributed by atoms with Gasteiger partial charge in [-0.05, 0) is 19.3 Å². The minimum atomic E-state index is 0.370. The fourth-order valence-corrected chi connectivity index (χ4v) is 2.82. The zero-order chi connectivity index (χ0) is 11.0. The molecule has 1 aliphatic heterocycles. The van der Waals surface area contributed by atoms with Gasteiger partial charge >= 0.3 is 0 Å². The molecule has 0 bridgehead atoms. The average Bonchev–Trinajstić information content (AvgIpc) is 2.76. The minimum absolute atomic E-state index is 0.370. The van der Waals surface area contributed by atoms with Crippen LogP contribution in [-0.4, -0.2) is 35.3 Å². The van der Waals surface area contributed by atoms with Gasteiger partial charge < -0.3 is 9.64 Å². The van der Waals surface area contributed by atoms with E-state index >= 15 is 0 Å². The topological polar surface area (TPSA) is 38.2 Å². The highest BCUT2D eigenvalue weighted by atomic mass is 35.5. The summed E-state index contributed by atoms with van der Waals surface area (Å²) in [5.74, 6) is 0.882. The van der Waals surface area contributed by atoms with Gasteiger partial charge in [0, 0.05) is 6.54 Å². The fourth-order valence-electron chi connectivity index (χ4n) is 2.68. The highest BCUT2D eigenvalue weighted by Crippen LogP contribution is 2.32. The second-order valence-corrected chi connectivity index (χ2v) is 4.69. The molecule has 2 heterocycles. The highest BCUT2D eigenvalue weighted by Gasteiger charge is 2.36. The molecule has 86 valence electrons. The first-order chi connectivity index (χ1) is 7.84. The Hall–Kier alpha value is -0.870. The molecule has 5 heteroatoms. The number of halogens is 1. The van der Waals surface area contributed by atoms with Gasteiger partial charge in [0.2, 0.25) is 0 Å². The van der Waals surface area contributed by atoms with Crippen LogP contribution in [0, 0.1) is 0 Å². The largest absolute Gasteiger partial charge is 0.374 e. The van der Waals surface area contributed by atoms with Gasteiger partial charge in [-0.3, -0.25) is 4.98 Å². The Labute approximate surface area is 99.6 Å². The Morgan fingerprint density at radius 2 is 2.31 bits per heavy atom. The van der Waals surface area contributed by atoms with Crippen molar-refractivity contribution in [2.45, 2.75) is 31.4 Å². The van der Waals surface area contributed by atoms with E-state index in [2.05, 4.69) is 14.9 Å². The number of aromatic nitrogens is 2. The van der Waals surface area contributed by atoms with Crippen LogP contribution in [0.3, 0.4) is 0 Å². The Morgan fingerprint density at radius 1 is 1.38 bits per heavy atom. The van der Waals surface area contributed by atoms with Crippen molar-refractivity contribution in [3.63, 3.8) is 0 Å². The van der Waals surface area contributed by atoms with Crippen LogP contribution < -0.4 is 4.90 Å². The zero-order valence-corrected chi connectivity index (χ0v) is 9.73. The molecule has 2 atom stereocenters. The van der Waals surface area contributed by atoms with E-state index in [0.29, 0.717) is 17.3 Å². The van der Waals surface area contributed by atoms with E-state index in [1.807, 2.05) is 0 Å². The molecule has 1 saturated heterocycles. The van der Waals surface area contributed by atoms with Crippen LogP contribution in [0.5, 0.6) is 0 Å². The van der Waals surface area contributed by atoms with Crippen LogP contribution in [0.2, 0.25) is 5.15 Å². The number of hydrogen-bond acceptors (Lipinski definition) is 4. The molecule has 2 fully saturated rings. The van der Waals surface area contributed by atoms with Gasteiger partial charge in [0.25, 0.3) is 0 Å². The first-order valence-electron chi connectivity index (χ1n) is 5.70. The molecule has 1 saturated carbocycles. The van der Waals surface area contributed by atoms with E-state index in [0.717, 1.165) is 25.4 Å².